The Bertz CT molecular complexity index is 152. The van der Waals surface area contributed by atoms with Crippen molar-refractivity contribution < 1.29 is 17.9 Å². The lowest BCUT2D eigenvalue weighted by molar-refractivity contribution is -0.0271. The van der Waals surface area contributed by atoms with Gasteiger partial charge < -0.3 is 4.74 Å². The summed E-state index contributed by atoms with van der Waals surface area (Å²) in [5.41, 5.74) is 0. The molecule has 1 aliphatic rings. The summed E-state index contributed by atoms with van der Waals surface area (Å²) in [6.45, 7) is 0.269. The SMILES string of the molecule is FC(F)(Cl)C(F)(Cl)CC1CO1. The van der Waals surface area contributed by atoms with Crippen LogP contribution in [-0.4, -0.2) is 23.2 Å². The predicted octanol–water partition coefficient (Wildman–Crippen LogP) is 2.51. The molecule has 1 saturated heterocycles. The number of rotatable bonds is 3. The molecule has 1 fully saturated rings. The minimum atomic E-state index is -4.04. The van der Waals surface area contributed by atoms with Gasteiger partial charge in [-0.25, -0.2) is 4.39 Å². The first-order valence-electron chi connectivity index (χ1n) is 2.89. The van der Waals surface area contributed by atoms with E-state index in [0.29, 0.717) is 0 Å². The third-order valence-electron chi connectivity index (χ3n) is 1.30. The first-order valence-corrected chi connectivity index (χ1v) is 3.65. The van der Waals surface area contributed by atoms with Crippen LogP contribution in [0.3, 0.4) is 0 Å². The van der Waals surface area contributed by atoms with Gasteiger partial charge in [0.25, 0.3) is 5.13 Å². The molecule has 0 N–H and O–H groups in total. The van der Waals surface area contributed by atoms with Crippen molar-refractivity contribution in [3.63, 3.8) is 0 Å². The average Bonchev–Trinajstić information content (AvgIpc) is 2.45. The Morgan fingerprint density at radius 3 is 2.09 bits per heavy atom. The first kappa shape index (κ1) is 9.42. The molecule has 0 aromatic carbocycles. The summed E-state index contributed by atoms with van der Waals surface area (Å²) in [4.78, 5) is 0. The van der Waals surface area contributed by atoms with Gasteiger partial charge in [0.15, 0.2) is 0 Å². The molecule has 0 radical (unpaired) electrons. The largest absolute Gasteiger partial charge is 0.373 e. The molecule has 1 aliphatic heterocycles. The number of alkyl halides is 5. The summed E-state index contributed by atoms with van der Waals surface area (Å²) in [6.07, 6.45) is -1.09. The van der Waals surface area contributed by atoms with Crippen LogP contribution in [0.5, 0.6) is 0 Å². The van der Waals surface area contributed by atoms with E-state index in [2.05, 4.69) is 16.3 Å². The summed E-state index contributed by atoms with van der Waals surface area (Å²) in [5, 5.41) is -7.24. The maximum absolute atomic E-state index is 12.7. The molecule has 6 heteroatoms. The van der Waals surface area contributed by atoms with E-state index in [1.54, 1.807) is 0 Å². The van der Waals surface area contributed by atoms with Gasteiger partial charge in [-0.15, -0.1) is 0 Å². The molecule has 2 atom stereocenters. The molecular formula is C5H5Cl2F3O. The van der Waals surface area contributed by atoms with Gasteiger partial charge in [-0.05, 0) is 11.6 Å². The van der Waals surface area contributed by atoms with E-state index in [9.17, 15) is 13.2 Å². The first-order chi connectivity index (χ1) is 4.83. The van der Waals surface area contributed by atoms with Crippen molar-refractivity contribution in [3.05, 3.63) is 0 Å². The smallest absolute Gasteiger partial charge is 0.369 e. The van der Waals surface area contributed by atoms with Crippen LogP contribution in [0.2, 0.25) is 0 Å². The predicted molar refractivity (Wildman–Crippen MR) is 34.8 cm³/mol. The van der Waals surface area contributed by atoms with Gasteiger partial charge in [0, 0.05) is 6.42 Å². The molecule has 1 nitrogen and oxygen atoms in total. The highest BCUT2D eigenvalue weighted by Gasteiger charge is 2.55. The molecule has 0 spiro atoms. The van der Waals surface area contributed by atoms with Crippen LogP contribution in [0.15, 0.2) is 0 Å². The molecule has 1 heterocycles. The number of hydrogen-bond acceptors (Lipinski definition) is 1. The number of hydrogen-bond donors (Lipinski definition) is 0. The molecule has 2 unspecified atom stereocenters. The van der Waals surface area contributed by atoms with Crippen molar-refractivity contribution >= 4 is 23.2 Å². The highest BCUT2D eigenvalue weighted by atomic mass is 35.5. The summed E-state index contributed by atoms with van der Waals surface area (Å²) in [6, 6.07) is 0. The van der Waals surface area contributed by atoms with E-state index >= 15 is 0 Å². The molecule has 0 bridgehead atoms. The summed E-state index contributed by atoms with van der Waals surface area (Å²) < 4.78 is 41.4. The third-order valence-corrected chi connectivity index (χ3v) is 2.09. The standard InChI is InChI=1S/C5H5Cl2F3O/c6-4(8,5(7,9)10)1-3-2-11-3/h3H,1-2H2. The minimum Gasteiger partial charge on any atom is -0.373 e. The minimum absolute atomic E-state index is 0.269. The second-order valence-electron chi connectivity index (χ2n) is 2.36. The van der Waals surface area contributed by atoms with Gasteiger partial charge in [-0.1, -0.05) is 11.6 Å². The average molecular weight is 209 g/mol. The van der Waals surface area contributed by atoms with E-state index in [0.717, 1.165) is 0 Å². The molecule has 0 amide bonds. The molecule has 0 aliphatic carbocycles. The van der Waals surface area contributed by atoms with Crippen LogP contribution in [0.25, 0.3) is 0 Å². The maximum atomic E-state index is 12.7. The zero-order chi connectivity index (χ0) is 8.70. The Kier molecular flexibility index (Phi) is 2.29. The Labute approximate surface area is 71.4 Å². The zero-order valence-electron chi connectivity index (χ0n) is 5.29. The molecular weight excluding hydrogens is 204 g/mol. The Hall–Kier alpha value is 0.330. The van der Waals surface area contributed by atoms with Crippen LogP contribution >= 0.6 is 23.2 Å². The summed E-state index contributed by atoms with van der Waals surface area (Å²) in [5.74, 6) is 0. The Morgan fingerprint density at radius 2 is 1.82 bits per heavy atom. The maximum Gasteiger partial charge on any atom is 0.369 e. The summed E-state index contributed by atoms with van der Waals surface area (Å²) in [7, 11) is 0. The van der Waals surface area contributed by atoms with E-state index in [1.165, 1.54) is 0 Å². The second kappa shape index (κ2) is 2.68. The Balaban J connectivity index is 2.49. The lowest BCUT2D eigenvalue weighted by Gasteiger charge is -2.21. The van der Waals surface area contributed by atoms with Gasteiger partial charge in [0.05, 0.1) is 12.7 Å². The fourth-order valence-corrected chi connectivity index (χ4v) is 0.837. The van der Waals surface area contributed by atoms with Gasteiger partial charge in [-0.2, -0.15) is 8.78 Å². The van der Waals surface area contributed by atoms with Gasteiger partial charge >= 0.3 is 5.38 Å². The monoisotopic (exact) mass is 208 g/mol. The van der Waals surface area contributed by atoms with Crippen LogP contribution in [0, 0.1) is 0 Å². The fraction of sp³-hybridized carbons (Fsp3) is 1.00. The number of ether oxygens (including phenoxy) is 1. The molecule has 1 rings (SSSR count). The Morgan fingerprint density at radius 1 is 1.36 bits per heavy atom. The van der Waals surface area contributed by atoms with Crippen molar-refractivity contribution in [1.82, 2.24) is 0 Å². The lowest BCUT2D eigenvalue weighted by Crippen LogP contribution is -2.35. The zero-order valence-corrected chi connectivity index (χ0v) is 6.80. The molecule has 66 valence electrons. The third kappa shape index (κ3) is 2.39. The van der Waals surface area contributed by atoms with Gasteiger partial charge in [0.1, 0.15) is 0 Å². The van der Waals surface area contributed by atoms with Crippen molar-refractivity contribution in [2.75, 3.05) is 6.61 Å². The fourth-order valence-electron chi connectivity index (χ4n) is 0.588. The van der Waals surface area contributed by atoms with Crippen LogP contribution in [0.1, 0.15) is 6.42 Å². The van der Waals surface area contributed by atoms with E-state index < -0.39 is 23.0 Å². The van der Waals surface area contributed by atoms with E-state index in [4.69, 9.17) is 11.6 Å². The van der Waals surface area contributed by atoms with Gasteiger partial charge in [-0.3, -0.25) is 0 Å². The number of halogens is 5. The highest BCUT2D eigenvalue weighted by molar-refractivity contribution is 6.32. The molecule has 0 aromatic heterocycles. The lowest BCUT2D eigenvalue weighted by atomic mass is 10.2. The van der Waals surface area contributed by atoms with Crippen molar-refractivity contribution in [2.45, 2.75) is 23.0 Å². The molecule has 0 saturated carbocycles. The molecule has 11 heavy (non-hydrogen) atoms. The van der Waals surface area contributed by atoms with E-state index in [1.807, 2.05) is 0 Å². The van der Waals surface area contributed by atoms with Crippen LogP contribution in [-0.2, 0) is 4.74 Å². The van der Waals surface area contributed by atoms with Gasteiger partial charge in [0.2, 0.25) is 0 Å². The van der Waals surface area contributed by atoms with Crippen molar-refractivity contribution in [2.24, 2.45) is 0 Å². The molecule has 0 aromatic rings. The number of epoxide rings is 1. The quantitative estimate of drug-likeness (QED) is 0.513. The summed E-state index contributed by atoms with van der Waals surface area (Å²) >= 11 is 9.22. The van der Waals surface area contributed by atoms with Crippen molar-refractivity contribution in [1.29, 1.82) is 0 Å². The van der Waals surface area contributed by atoms with E-state index in [-0.39, 0.29) is 6.61 Å². The highest BCUT2D eigenvalue weighted by Crippen LogP contribution is 2.44. The van der Waals surface area contributed by atoms with Crippen LogP contribution in [0.4, 0.5) is 13.2 Å². The van der Waals surface area contributed by atoms with Crippen molar-refractivity contribution in [3.8, 4) is 0 Å². The van der Waals surface area contributed by atoms with Crippen LogP contribution < -0.4 is 0 Å². The topological polar surface area (TPSA) is 12.5 Å². The normalized spacial score (nSPS) is 29.7. The second-order valence-corrected chi connectivity index (χ2v) is 3.44.